The van der Waals surface area contributed by atoms with Crippen molar-refractivity contribution in [3.63, 3.8) is 0 Å². The number of methoxy groups -OCH3 is 1. The minimum Gasteiger partial charge on any atom is -0.497 e. The summed E-state index contributed by atoms with van der Waals surface area (Å²) in [6, 6.07) is 7.36. The monoisotopic (exact) mass is 303 g/mol. The second kappa shape index (κ2) is 7.49. The normalized spacial score (nSPS) is 15.8. The maximum absolute atomic E-state index is 12.0. The van der Waals surface area contributed by atoms with Crippen LogP contribution < -0.4 is 15.8 Å². The zero-order valence-electron chi connectivity index (χ0n) is 12.6. The lowest BCUT2D eigenvalue weighted by atomic mass is 9.96. The average molecular weight is 303 g/mol. The predicted molar refractivity (Wildman–Crippen MR) is 84.1 cm³/mol. The fraction of sp³-hybridized carbons (Fsp3) is 0.375. The van der Waals surface area contributed by atoms with Crippen LogP contribution in [0.5, 0.6) is 5.75 Å². The van der Waals surface area contributed by atoms with Gasteiger partial charge in [0.05, 0.1) is 7.11 Å². The largest absolute Gasteiger partial charge is 0.497 e. The van der Waals surface area contributed by atoms with E-state index in [1.807, 2.05) is 30.3 Å². The SMILES string of the molecule is COc1ccc(/C=C/NC(=O)N2CCC(C(N)=O)CC2)cc1. The summed E-state index contributed by atoms with van der Waals surface area (Å²) < 4.78 is 5.08. The van der Waals surface area contributed by atoms with Gasteiger partial charge in [0, 0.05) is 25.2 Å². The van der Waals surface area contributed by atoms with E-state index in [0.717, 1.165) is 11.3 Å². The van der Waals surface area contributed by atoms with Crippen LogP contribution in [0.4, 0.5) is 4.79 Å². The highest BCUT2D eigenvalue weighted by Gasteiger charge is 2.25. The molecule has 0 unspecified atom stereocenters. The number of primary amides is 1. The molecule has 0 aromatic heterocycles. The van der Waals surface area contributed by atoms with Gasteiger partial charge in [-0.2, -0.15) is 0 Å². The molecule has 1 aromatic rings. The number of likely N-dealkylation sites (tertiary alicyclic amines) is 1. The molecule has 6 nitrogen and oxygen atoms in total. The van der Waals surface area contributed by atoms with Crippen molar-refractivity contribution in [2.24, 2.45) is 11.7 Å². The van der Waals surface area contributed by atoms with E-state index in [-0.39, 0.29) is 17.9 Å². The molecule has 1 aliphatic rings. The molecule has 1 heterocycles. The van der Waals surface area contributed by atoms with Gasteiger partial charge in [0.25, 0.3) is 0 Å². The van der Waals surface area contributed by atoms with Crippen molar-refractivity contribution in [3.8, 4) is 5.75 Å². The molecule has 3 N–H and O–H groups in total. The maximum atomic E-state index is 12.0. The van der Waals surface area contributed by atoms with E-state index in [0.29, 0.717) is 25.9 Å². The topological polar surface area (TPSA) is 84.7 Å². The molecular weight excluding hydrogens is 282 g/mol. The maximum Gasteiger partial charge on any atom is 0.321 e. The van der Waals surface area contributed by atoms with Crippen molar-refractivity contribution in [1.29, 1.82) is 0 Å². The second-order valence-corrected chi connectivity index (χ2v) is 5.22. The zero-order valence-corrected chi connectivity index (χ0v) is 12.6. The first-order valence-corrected chi connectivity index (χ1v) is 7.25. The van der Waals surface area contributed by atoms with Gasteiger partial charge in [0.1, 0.15) is 5.75 Å². The van der Waals surface area contributed by atoms with Gasteiger partial charge in [0.2, 0.25) is 5.91 Å². The van der Waals surface area contributed by atoms with Gasteiger partial charge < -0.3 is 20.7 Å². The Morgan fingerprint density at radius 3 is 2.45 bits per heavy atom. The Morgan fingerprint density at radius 2 is 1.91 bits per heavy atom. The molecule has 0 radical (unpaired) electrons. The number of nitrogens with two attached hydrogens (primary N) is 1. The Kier molecular flexibility index (Phi) is 5.41. The summed E-state index contributed by atoms with van der Waals surface area (Å²) in [6.07, 6.45) is 4.69. The summed E-state index contributed by atoms with van der Waals surface area (Å²) >= 11 is 0. The summed E-state index contributed by atoms with van der Waals surface area (Å²) in [5, 5.41) is 2.73. The smallest absolute Gasteiger partial charge is 0.321 e. The minimum absolute atomic E-state index is 0.112. The predicted octanol–water partition coefficient (Wildman–Crippen LogP) is 1.57. The highest BCUT2D eigenvalue weighted by atomic mass is 16.5. The third-order valence-corrected chi connectivity index (χ3v) is 3.78. The van der Waals surface area contributed by atoms with E-state index in [1.54, 1.807) is 18.2 Å². The lowest BCUT2D eigenvalue weighted by Crippen LogP contribution is -2.45. The number of carbonyl (C=O) groups excluding carboxylic acids is 2. The number of nitrogens with zero attached hydrogens (tertiary/aromatic N) is 1. The zero-order chi connectivity index (χ0) is 15.9. The second-order valence-electron chi connectivity index (χ2n) is 5.22. The Balaban J connectivity index is 1.80. The molecule has 0 saturated carbocycles. The Morgan fingerprint density at radius 1 is 1.27 bits per heavy atom. The summed E-state index contributed by atoms with van der Waals surface area (Å²) in [7, 11) is 1.62. The number of hydrogen-bond acceptors (Lipinski definition) is 3. The van der Waals surface area contributed by atoms with E-state index in [1.165, 1.54) is 0 Å². The van der Waals surface area contributed by atoms with Crippen molar-refractivity contribution in [2.75, 3.05) is 20.2 Å². The minimum atomic E-state index is -0.278. The molecular formula is C16H21N3O3. The number of benzene rings is 1. The van der Waals surface area contributed by atoms with Gasteiger partial charge >= 0.3 is 6.03 Å². The Hall–Kier alpha value is -2.50. The van der Waals surface area contributed by atoms with Crippen LogP contribution in [0.15, 0.2) is 30.5 Å². The highest BCUT2D eigenvalue weighted by Crippen LogP contribution is 2.16. The number of piperidine rings is 1. The van der Waals surface area contributed by atoms with Crippen LogP contribution in [-0.4, -0.2) is 37.0 Å². The van der Waals surface area contributed by atoms with E-state index in [2.05, 4.69) is 5.32 Å². The van der Waals surface area contributed by atoms with Gasteiger partial charge in [-0.1, -0.05) is 12.1 Å². The van der Waals surface area contributed by atoms with Crippen molar-refractivity contribution in [1.82, 2.24) is 10.2 Å². The quantitative estimate of drug-likeness (QED) is 0.885. The molecule has 1 aromatic carbocycles. The van der Waals surface area contributed by atoms with Crippen LogP contribution in [0.1, 0.15) is 18.4 Å². The molecule has 22 heavy (non-hydrogen) atoms. The van der Waals surface area contributed by atoms with Crippen LogP contribution in [0, 0.1) is 5.92 Å². The summed E-state index contributed by atoms with van der Waals surface area (Å²) in [6.45, 7) is 1.10. The van der Waals surface area contributed by atoms with Crippen LogP contribution in [0.3, 0.4) is 0 Å². The van der Waals surface area contributed by atoms with Gasteiger partial charge in [-0.3, -0.25) is 4.79 Å². The molecule has 1 saturated heterocycles. The standard InChI is InChI=1S/C16H21N3O3/c1-22-14-4-2-12(3-5-14)6-9-18-16(21)19-10-7-13(8-11-19)15(17)20/h2-6,9,13H,7-8,10-11H2,1H3,(H2,17,20)(H,18,21)/b9-6+. The summed E-state index contributed by atoms with van der Waals surface area (Å²) in [5.74, 6) is 0.400. The fourth-order valence-electron chi connectivity index (χ4n) is 2.38. The fourth-order valence-corrected chi connectivity index (χ4v) is 2.38. The van der Waals surface area contributed by atoms with Gasteiger partial charge in [0.15, 0.2) is 0 Å². The number of carbonyl (C=O) groups is 2. The molecule has 3 amide bonds. The van der Waals surface area contributed by atoms with E-state index in [4.69, 9.17) is 10.5 Å². The number of rotatable bonds is 4. The van der Waals surface area contributed by atoms with Gasteiger partial charge in [-0.05, 0) is 36.6 Å². The van der Waals surface area contributed by atoms with Crippen molar-refractivity contribution >= 4 is 18.0 Å². The molecule has 6 heteroatoms. The van der Waals surface area contributed by atoms with Crippen molar-refractivity contribution in [2.45, 2.75) is 12.8 Å². The van der Waals surface area contributed by atoms with E-state index >= 15 is 0 Å². The molecule has 0 aliphatic carbocycles. The third kappa shape index (κ3) is 4.25. The number of ether oxygens (including phenoxy) is 1. The lowest BCUT2D eigenvalue weighted by molar-refractivity contribution is -0.122. The average Bonchev–Trinajstić information content (AvgIpc) is 2.55. The van der Waals surface area contributed by atoms with E-state index < -0.39 is 0 Å². The van der Waals surface area contributed by atoms with Crippen LogP contribution in [-0.2, 0) is 4.79 Å². The van der Waals surface area contributed by atoms with Gasteiger partial charge in [-0.25, -0.2) is 4.79 Å². The first-order valence-electron chi connectivity index (χ1n) is 7.25. The number of hydrogen-bond donors (Lipinski definition) is 2. The molecule has 0 atom stereocenters. The van der Waals surface area contributed by atoms with Crippen LogP contribution in [0.2, 0.25) is 0 Å². The van der Waals surface area contributed by atoms with Crippen LogP contribution in [0.25, 0.3) is 6.08 Å². The molecule has 0 bridgehead atoms. The molecule has 0 spiro atoms. The third-order valence-electron chi connectivity index (χ3n) is 3.78. The number of amides is 3. The van der Waals surface area contributed by atoms with E-state index in [9.17, 15) is 9.59 Å². The Bertz CT molecular complexity index is 546. The molecule has 2 rings (SSSR count). The molecule has 1 aliphatic heterocycles. The van der Waals surface area contributed by atoms with Crippen molar-refractivity contribution in [3.05, 3.63) is 36.0 Å². The Labute approximate surface area is 129 Å². The van der Waals surface area contributed by atoms with Crippen molar-refractivity contribution < 1.29 is 14.3 Å². The van der Waals surface area contributed by atoms with Gasteiger partial charge in [-0.15, -0.1) is 0 Å². The summed E-state index contributed by atoms with van der Waals surface area (Å²) in [4.78, 5) is 24.8. The number of nitrogens with one attached hydrogen (secondary N) is 1. The highest BCUT2D eigenvalue weighted by molar-refractivity contribution is 5.78. The molecule has 118 valence electrons. The first kappa shape index (κ1) is 15.9. The summed E-state index contributed by atoms with van der Waals surface area (Å²) in [5.41, 5.74) is 6.24. The lowest BCUT2D eigenvalue weighted by Gasteiger charge is -2.30. The first-order chi connectivity index (χ1) is 10.6. The molecule has 1 fully saturated rings. The number of urea groups is 1. The van der Waals surface area contributed by atoms with Crippen LogP contribution >= 0.6 is 0 Å².